The average Bonchev–Trinajstić information content (AvgIpc) is 2.33. The van der Waals surface area contributed by atoms with Crippen molar-refractivity contribution in [2.24, 2.45) is 0 Å². The highest BCUT2D eigenvalue weighted by Crippen LogP contribution is 2.27. The van der Waals surface area contributed by atoms with Crippen molar-refractivity contribution in [1.29, 1.82) is 0 Å². The van der Waals surface area contributed by atoms with E-state index in [0.29, 0.717) is 11.4 Å². The molecule has 2 rings (SSSR count). The van der Waals surface area contributed by atoms with Gasteiger partial charge in [0.15, 0.2) is 0 Å². The molecule has 0 saturated heterocycles. The highest BCUT2D eigenvalue weighted by Gasteiger charge is 2.24. The van der Waals surface area contributed by atoms with Crippen LogP contribution in [0, 0.1) is 0 Å². The summed E-state index contributed by atoms with van der Waals surface area (Å²) < 4.78 is 0. The lowest BCUT2D eigenvalue weighted by Gasteiger charge is -2.24. The van der Waals surface area contributed by atoms with Gasteiger partial charge in [-0.05, 0) is 24.1 Å². The van der Waals surface area contributed by atoms with Gasteiger partial charge in [0, 0.05) is 18.8 Å². The Morgan fingerprint density at radius 3 is 2.59 bits per heavy atom. The first-order valence-electron chi connectivity index (χ1n) is 5.46. The molecule has 1 heterocycles. The molecule has 1 unspecified atom stereocenters. The summed E-state index contributed by atoms with van der Waals surface area (Å²) in [6, 6.07) is 11.4. The maximum Gasteiger partial charge on any atom is 0.0909 e. The summed E-state index contributed by atoms with van der Waals surface area (Å²) in [4.78, 5) is 3.93. The first-order valence-corrected chi connectivity index (χ1v) is 5.84. The second kappa shape index (κ2) is 4.86. The van der Waals surface area contributed by atoms with Crippen LogP contribution in [0.25, 0.3) is 0 Å². The van der Waals surface area contributed by atoms with Gasteiger partial charge in [-0.25, -0.2) is 0 Å². The van der Waals surface area contributed by atoms with E-state index in [1.165, 1.54) is 0 Å². The summed E-state index contributed by atoms with van der Waals surface area (Å²) in [6.45, 7) is 1.79. The largest absolute Gasteiger partial charge is 0.385 e. The van der Waals surface area contributed by atoms with Gasteiger partial charge in [-0.1, -0.05) is 41.9 Å². The van der Waals surface area contributed by atoms with E-state index in [4.69, 9.17) is 11.6 Å². The van der Waals surface area contributed by atoms with Gasteiger partial charge >= 0.3 is 0 Å². The number of hydrogen-bond acceptors (Lipinski definition) is 2. The number of benzene rings is 1. The van der Waals surface area contributed by atoms with Crippen molar-refractivity contribution in [2.45, 2.75) is 18.9 Å². The summed E-state index contributed by atoms with van der Waals surface area (Å²) >= 11 is 6.04. The number of nitrogens with zero attached hydrogens (tertiary/aromatic N) is 1. The van der Waals surface area contributed by atoms with Gasteiger partial charge < -0.3 is 5.11 Å². The molecule has 0 fully saturated rings. The maximum absolute atomic E-state index is 10.5. The molecule has 1 N–H and O–H groups in total. The first kappa shape index (κ1) is 12.1. The van der Waals surface area contributed by atoms with Crippen molar-refractivity contribution in [3.05, 3.63) is 64.9 Å². The van der Waals surface area contributed by atoms with Gasteiger partial charge in [-0.3, -0.25) is 4.98 Å². The molecule has 2 nitrogen and oxygen atoms in total. The second-order valence-corrected chi connectivity index (χ2v) is 4.69. The monoisotopic (exact) mass is 247 g/mol. The zero-order valence-corrected chi connectivity index (χ0v) is 10.4. The molecular formula is C14H14ClNO. The molecule has 3 heteroatoms. The van der Waals surface area contributed by atoms with E-state index in [1.807, 2.05) is 36.4 Å². The van der Waals surface area contributed by atoms with Crippen molar-refractivity contribution in [2.75, 3.05) is 0 Å². The molecule has 0 spiro atoms. The number of aromatic nitrogens is 1. The van der Waals surface area contributed by atoms with Crippen LogP contribution < -0.4 is 0 Å². The number of pyridine rings is 1. The number of halogens is 1. The Hall–Kier alpha value is -1.38. The Morgan fingerprint density at radius 2 is 1.94 bits per heavy atom. The molecule has 0 radical (unpaired) electrons. The highest BCUT2D eigenvalue weighted by atomic mass is 35.5. The van der Waals surface area contributed by atoms with Gasteiger partial charge in [-0.15, -0.1) is 0 Å². The Labute approximate surface area is 106 Å². The van der Waals surface area contributed by atoms with Crippen molar-refractivity contribution in [3.63, 3.8) is 0 Å². The quantitative estimate of drug-likeness (QED) is 0.904. The molecule has 0 aliphatic heterocycles. The average molecular weight is 248 g/mol. The molecule has 17 heavy (non-hydrogen) atoms. The third-order valence-corrected chi connectivity index (χ3v) is 3.13. The molecule has 88 valence electrons. The lowest BCUT2D eigenvalue weighted by molar-refractivity contribution is 0.0576. The maximum atomic E-state index is 10.5. The third-order valence-electron chi connectivity index (χ3n) is 2.79. The number of rotatable bonds is 3. The van der Waals surface area contributed by atoms with Crippen molar-refractivity contribution < 1.29 is 5.11 Å². The van der Waals surface area contributed by atoms with Crippen LogP contribution >= 0.6 is 11.6 Å². The van der Waals surface area contributed by atoms with E-state index >= 15 is 0 Å². The van der Waals surface area contributed by atoms with Crippen LogP contribution in [-0.2, 0) is 12.0 Å². The fraction of sp³-hybridized carbons (Fsp3) is 0.214. The number of hydrogen-bond donors (Lipinski definition) is 1. The van der Waals surface area contributed by atoms with Gasteiger partial charge in [0.1, 0.15) is 0 Å². The summed E-state index contributed by atoms with van der Waals surface area (Å²) in [5.41, 5.74) is 0.857. The molecule has 0 aliphatic rings. The summed E-state index contributed by atoms with van der Waals surface area (Å²) in [5.74, 6) is 0. The van der Waals surface area contributed by atoms with Crippen LogP contribution in [0.3, 0.4) is 0 Å². The van der Waals surface area contributed by atoms with Crippen LogP contribution in [0.5, 0.6) is 0 Å². The van der Waals surface area contributed by atoms with Gasteiger partial charge in [0.05, 0.1) is 10.6 Å². The molecule has 2 aromatic rings. The minimum atomic E-state index is -0.924. The minimum absolute atomic E-state index is 0.471. The second-order valence-electron chi connectivity index (χ2n) is 4.28. The highest BCUT2D eigenvalue weighted by molar-refractivity contribution is 6.31. The zero-order valence-electron chi connectivity index (χ0n) is 9.60. The summed E-state index contributed by atoms with van der Waals surface area (Å²) in [6.07, 6.45) is 3.75. The number of aliphatic hydroxyl groups is 1. The predicted molar refractivity (Wildman–Crippen MR) is 69.0 cm³/mol. The van der Waals surface area contributed by atoms with Crippen molar-refractivity contribution in [1.82, 2.24) is 4.98 Å². The molecule has 1 aromatic carbocycles. The Kier molecular flexibility index (Phi) is 3.46. The van der Waals surface area contributed by atoms with E-state index < -0.39 is 5.60 Å². The van der Waals surface area contributed by atoms with Crippen LogP contribution in [0.4, 0.5) is 0 Å². The first-order chi connectivity index (χ1) is 8.09. The van der Waals surface area contributed by atoms with E-state index in [0.717, 1.165) is 11.1 Å². The van der Waals surface area contributed by atoms with Gasteiger partial charge in [-0.2, -0.15) is 0 Å². The standard InChI is InChI=1S/C14H14ClNO/c1-14(17,12-5-3-2-4-6-12)9-11-7-8-16-10-13(11)15/h2-8,10,17H,9H2,1H3. The van der Waals surface area contributed by atoms with E-state index in [1.54, 1.807) is 19.3 Å². The molecule has 0 saturated carbocycles. The lowest BCUT2D eigenvalue weighted by atomic mass is 9.89. The fourth-order valence-electron chi connectivity index (χ4n) is 1.82. The van der Waals surface area contributed by atoms with Crippen LogP contribution in [0.15, 0.2) is 48.8 Å². The normalized spacial score (nSPS) is 14.3. The molecule has 0 aliphatic carbocycles. The van der Waals surface area contributed by atoms with Crippen molar-refractivity contribution >= 4 is 11.6 Å². The molecule has 0 amide bonds. The van der Waals surface area contributed by atoms with Crippen LogP contribution in [0.2, 0.25) is 5.02 Å². The molecular weight excluding hydrogens is 234 g/mol. The summed E-state index contributed by atoms with van der Waals surface area (Å²) in [7, 11) is 0. The smallest absolute Gasteiger partial charge is 0.0909 e. The SMILES string of the molecule is CC(O)(Cc1ccncc1Cl)c1ccccc1. The van der Waals surface area contributed by atoms with E-state index in [-0.39, 0.29) is 0 Å². The van der Waals surface area contributed by atoms with Gasteiger partial charge in [0.25, 0.3) is 0 Å². The molecule has 1 atom stereocenters. The minimum Gasteiger partial charge on any atom is -0.385 e. The predicted octanol–water partition coefficient (Wildman–Crippen LogP) is 3.19. The zero-order chi connectivity index (χ0) is 12.3. The third kappa shape index (κ3) is 2.84. The topological polar surface area (TPSA) is 33.1 Å². The Balaban J connectivity index is 2.27. The fourth-order valence-corrected chi connectivity index (χ4v) is 2.00. The van der Waals surface area contributed by atoms with Crippen LogP contribution in [0.1, 0.15) is 18.1 Å². The van der Waals surface area contributed by atoms with Crippen LogP contribution in [-0.4, -0.2) is 10.1 Å². The lowest BCUT2D eigenvalue weighted by Crippen LogP contribution is -2.24. The van der Waals surface area contributed by atoms with Gasteiger partial charge in [0.2, 0.25) is 0 Å². The molecule has 0 bridgehead atoms. The Bertz CT molecular complexity index is 497. The van der Waals surface area contributed by atoms with E-state index in [9.17, 15) is 5.11 Å². The Morgan fingerprint density at radius 1 is 1.24 bits per heavy atom. The molecule has 1 aromatic heterocycles. The van der Waals surface area contributed by atoms with Crippen molar-refractivity contribution in [3.8, 4) is 0 Å². The van der Waals surface area contributed by atoms with E-state index in [2.05, 4.69) is 4.98 Å². The summed E-state index contributed by atoms with van der Waals surface area (Å²) in [5, 5.41) is 11.1.